The molecule has 0 saturated carbocycles. The first-order chi connectivity index (χ1) is 9.65. The van der Waals surface area contributed by atoms with Crippen molar-refractivity contribution in [1.29, 1.82) is 0 Å². The van der Waals surface area contributed by atoms with Gasteiger partial charge >= 0.3 is 0 Å². The van der Waals surface area contributed by atoms with Gasteiger partial charge in [0.15, 0.2) is 11.3 Å². The number of aromatic nitrogens is 3. The van der Waals surface area contributed by atoms with Crippen molar-refractivity contribution in [3.63, 3.8) is 0 Å². The summed E-state index contributed by atoms with van der Waals surface area (Å²) in [6, 6.07) is 9.25. The normalized spacial score (nSPS) is 10.7. The lowest BCUT2D eigenvalue weighted by atomic mass is 10.1. The zero-order chi connectivity index (χ0) is 14.1. The molecule has 0 saturated heterocycles. The molecule has 0 radical (unpaired) electrons. The summed E-state index contributed by atoms with van der Waals surface area (Å²) < 4.78 is 1.58. The van der Waals surface area contributed by atoms with Crippen molar-refractivity contribution in [2.45, 2.75) is 13.8 Å². The van der Waals surface area contributed by atoms with E-state index in [0.29, 0.717) is 11.3 Å². The summed E-state index contributed by atoms with van der Waals surface area (Å²) in [7, 11) is 0. The Morgan fingerprint density at radius 1 is 1.25 bits per heavy atom. The summed E-state index contributed by atoms with van der Waals surface area (Å²) in [6.45, 7) is 4.00. The third kappa shape index (κ3) is 2.14. The molecule has 0 atom stereocenters. The predicted octanol–water partition coefficient (Wildman–Crippen LogP) is 2.60. The summed E-state index contributed by atoms with van der Waals surface area (Å²) in [5.41, 5.74) is 4.01. The van der Waals surface area contributed by atoms with Crippen LogP contribution in [0.3, 0.4) is 0 Å². The van der Waals surface area contributed by atoms with E-state index in [4.69, 9.17) is 0 Å². The van der Waals surface area contributed by atoms with Gasteiger partial charge in [-0.25, -0.2) is 9.50 Å². The number of hydrogen-bond acceptors (Lipinski definition) is 3. The van der Waals surface area contributed by atoms with Crippen molar-refractivity contribution in [2.24, 2.45) is 0 Å². The lowest BCUT2D eigenvalue weighted by Crippen LogP contribution is -2.13. The third-order valence-electron chi connectivity index (χ3n) is 3.32. The van der Waals surface area contributed by atoms with E-state index in [2.05, 4.69) is 15.4 Å². The number of rotatable bonds is 2. The molecular formula is C15H14N4O. The zero-order valence-corrected chi connectivity index (χ0v) is 11.3. The molecule has 5 heteroatoms. The topological polar surface area (TPSA) is 59.3 Å². The first-order valence-electron chi connectivity index (χ1n) is 6.33. The van der Waals surface area contributed by atoms with Gasteiger partial charge in [0, 0.05) is 24.1 Å². The molecule has 1 amide bonds. The summed E-state index contributed by atoms with van der Waals surface area (Å²) in [6.07, 6.45) is 3.43. The van der Waals surface area contributed by atoms with Crippen LogP contribution in [0, 0.1) is 13.8 Å². The highest BCUT2D eigenvalue weighted by molar-refractivity contribution is 6.03. The number of carbonyl (C=O) groups is 1. The van der Waals surface area contributed by atoms with Crippen LogP contribution in [0.5, 0.6) is 0 Å². The van der Waals surface area contributed by atoms with Gasteiger partial charge in [0.25, 0.3) is 5.91 Å². The smallest absolute Gasteiger partial charge is 0.276 e. The van der Waals surface area contributed by atoms with Crippen LogP contribution in [0.25, 0.3) is 5.65 Å². The summed E-state index contributed by atoms with van der Waals surface area (Å²) in [5, 5.41) is 7.09. The Morgan fingerprint density at radius 2 is 2.10 bits per heavy atom. The average Bonchev–Trinajstić information content (AvgIpc) is 2.88. The van der Waals surface area contributed by atoms with Gasteiger partial charge in [-0.3, -0.25) is 4.79 Å². The SMILES string of the molecule is Cc1cccc(NC(=O)c2cc3ncccn3n2)c1C. The van der Waals surface area contributed by atoms with Crippen LogP contribution in [0.4, 0.5) is 5.69 Å². The van der Waals surface area contributed by atoms with Gasteiger partial charge in [0.2, 0.25) is 0 Å². The maximum Gasteiger partial charge on any atom is 0.276 e. The molecule has 0 bridgehead atoms. The highest BCUT2D eigenvalue weighted by Crippen LogP contribution is 2.18. The average molecular weight is 266 g/mol. The van der Waals surface area contributed by atoms with E-state index in [1.807, 2.05) is 32.0 Å². The second-order valence-electron chi connectivity index (χ2n) is 4.65. The molecule has 0 unspecified atom stereocenters. The van der Waals surface area contributed by atoms with Crippen LogP contribution < -0.4 is 5.32 Å². The highest BCUT2D eigenvalue weighted by Gasteiger charge is 2.12. The molecule has 2 heterocycles. The Balaban J connectivity index is 1.91. The van der Waals surface area contributed by atoms with Crippen molar-refractivity contribution in [3.05, 3.63) is 59.5 Å². The maximum atomic E-state index is 12.2. The Morgan fingerprint density at radius 3 is 2.90 bits per heavy atom. The lowest BCUT2D eigenvalue weighted by molar-refractivity contribution is 0.102. The number of carbonyl (C=O) groups excluding carboxylic acids is 1. The summed E-state index contributed by atoms with van der Waals surface area (Å²) in [5.74, 6) is -0.232. The number of amides is 1. The second-order valence-corrected chi connectivity index (χ2v) is 4.65. The van der Waals surface area contributed by atoms with Crippen LogP contribution in [-0.2, 0) is 0 Å². The van der Waals surface area contributed by atoms with Crippen molar-refractivity contribution < 1.29 is 4.79 Å². The van der Waals surface area contributed by atoms with Crippen LogP contribution in [0.2, 0.25) is 0 Å². The quantitative estimate of drug-likeness (QED) is 0.775. The van der Waals surface area contributed by atoms with Crippen molar-refractivity contribution in [2.75, 3.05) is 5.32 Å². The number of nitrogens with zero attached hydrogens (tertiary/aromatic N) is 3. The van der Waals surface area contributed by atoms with E-state index in [9.17, 15) is 4.79 Å². The Labute approximate surface area is 116 Å². The number of nitrogens with one attached hydrogen (secondary N) is 1. The zero-order valence-electron chi connectivity index (χ0n) is 11.3. The molecule has 1 aromatic carbocycles. The van der Waals surface area contributed by atoms with E-state index >= 15 is 0 Å². The molecule has 0 fully saturated rings. The lowest BCUT2D eigenvalue weighted by Gasteiger charge is -2.08. The molecule has 3 rings (SSSR count). The fourth-order valence-corrected chi connectivity index (χ4v) is 2.01. The molecule has 0 spiro atoms. The number of anilines is 1. The Bertz CT molecular complexity index is 758. The summed E-state index contributed by atoms with van der Waals surface area (Å²) >= 11 is 0. The van der Waals surface area contributed by atoms with Crippen LogP contribution in [-0.4, -0.2) is 20.5 Å². The fraction of sp³-hybridized carbons (Fsp3) is 0.133. The van der Waals surface area contributed by atoms with E-state index in [-0.39, 0.29) is 5.91 Å². The first-order valence-corrected chi connectivity index (χ1v) is 6.33. The molecule has 3 aromatic rings. The molecule has 0 aliphatic heterocycles. The van der Waals surface area contributed by atoms with Gasteiger partial charge in [0.05, 0.1) is 0 Å². The third-order valence-corrected chi connectivity index (χ3v) is 3.32. The van der Waals surface area contributed by atoms with Crippen LogP contribution in [0.1, 0.15) is 21.6 Å². The van der Waals surface area contributed by atoms with Gasteiger partial charge in [-0.15, -0.1) is 0 Å². The minimum Gasteiger partial charge on any atom is -0.320 e. The molecular weight excluding hydrogens is 252 g/mol. The minimum atomic E-state index is -0.232. The van der Waals surface area contributed by atoms with Gasteiger partial charge in [-0.2, -0.15) is 5.10 Å². The standard InChI is InChI=1S/C15H14N4O/c1-10-5-3-6-12(11(10)2)17-15(20)13-9-14-16-7-4-8-19(14)18-13/h3-9H,1-2H3,(H,17,20). The largest absolute Gasteiger partial charge is 0.320 e. The maximum absolute atomic E-state index is 12.2. The molecule has 2 aromatic heterocycles. The fourth-order valence-electron chi connectivity index (χ4n) is 2.01. The molecule has 0 aliphatic carbocycles. The molecule has 0 aliphatic rings. The van der Waals surface area contributed by atoms with Crippen molar-refractivity contribution in [3.8, 4) is 0 Å². The van der Waals surface area contributed by atoms with E-state index < -0.39 is 0 Å². The van der Waals surface area contributed by atoms with Gasteiger partial charge < -0.3 is 5.32 Å². The number of fused-ring (bicyclic) bond motifs is 1. The van der Waals surface area contributed by atoms with E-state index in [0.717, 1.165) is 16.8 Å². The predicted molar refractivity (Wildman–Crippen MR) is 76.9 cm³/mol. The highest BCUT2D eigenvalue weighted by atomic mass is 16.1. The van der Waals surface area contributed by atoms with Gasteiger partial charge in [0.1, 0.15) is 0 Å². The Hall–Kier alpha value is -2.69. The first kappa shape index (κ1) is 12.3. The minimum absolute atomic E-state index is 0.232. The van der Waals surface area contributed by atoms with Crippen LogP contribution >= 0.6 is 0 Å². The molecule has 5 nitrogen and oxygen atoms in total. The van der Waals surface area contributed by atoms with Gasteiger partial charge in [-0.1, -0.05) is 12.1 Å². The molecule has 100 valence electrons. The van der Waals surface area contributed by atoms with Crippen molar-refractivity contribution >= 4 is 17.2 Å². The van der Waals surface area contributed by atoms with E-state index in [1.165, 1.54) is 0 Å². The second kappa shape index (κ2) is 4.77. The number of benzene rings is 1. The monoisotopic (exact) mass is 266 g/mol. The van der Waals surface area contributed by atoms with E-state index in [1.54, 1.807) is 29.0 Å². The summed E-state index contributed by atoms with van der Waals surface area (Å²) in [4.78, 5) is 16.4. The van der Waals surface area contributed by atoms with Gasteiger partial charge in [-0.05, 0) is 37.1 Å². The van der Waals surface area contributed by atoms with Crippen molar-refractivity contribution in [1.82, 2.24) is 14.6 Å². The Kier molecular flexibility index (Phi) is 2.95. The van der Waals surface area contributed by atoms with Crippen LogP contribution in [0.15, 0.2) is 42.7 Å². The number of hydrogen-bond donors (Lipinski definition) is 1. The molecule has 20 heavy (non-hydrogen) atoms. The number of aryl methyl sites for hydroxylation is 1. The molecule has 1 N–H and O–H groups in total.